The number of aromatic nitrogens is 1. The van der Waals surface area contributed by atoms with Crippen LogP contribution in [0.25, 0.3) is 0 Å². The van der Waals surface area contributed by atoms with Crippen LogP contribution in [0.1, 0.15) is 26.7 Å². The predicted molar refractivity (Wildman–Crippen MR) is 111 cm³/mol. The standard InChI is InChI=1S/C22H21FN2O4S/c1-15-12-17(9-10-19(15)23)30(27,28)21(16-6-5-11-24-13-16)14-25-22(26)18-7-3-4-8-20(18)29-2/h3-13,21H,14H2,1-2H3,(H,25,26)/t21-/m1/s1. The molecule has 30 heavy (non-hydrogen) atoms. The third-order valence-corrected chi connectivity index (χ3v) is 6.79. The number of pyridine rings is 1. The molecule has 1 amide bonds. The van der Waals surface area contributed by atoms with Crippen molar-refractivity contribution in [3.63, 3.8) is 0 Å². The van der Waals surface area contributed by atoms with Crippen molar-refractivity contribution in [2.45, 2.75) is 17.1 Å². The van der Waals surface area contributed by atoms with Crippen molar-refractivity contribution in [1.29, 1.82) is 0 Å². The first-order valence-corrected chi connectivity index (χ1v) is 10.7. The SMILES string of the molecule is COc1ccccc1C(=O)NC[C@H](c1cccnc1)S(=O)(=O)c1ccc(F)c(C)c1. The van der Waals surface area contributed by atoms with E-state index in [1.54, 1.807) is 36.4 Å². The normalized spacial score (nSPS) is 12.2. The zero-order chi connectivity index (χ0) is 21.7. The molecule has 8 heteroatoms. The van der Waals surface area contributed by atoms with Gasteiger partial charge in [0.25, 0.3) is 5.91 Å². The molecule has 2 aromatic carbocycles. The average molecular weight is 428 g/mol. The number of methoxy groups -OCH3 is 1. The molecule has 0 spiro atoms. The molecule has 1 atom stereocenters. The summed E-state index contributed by atoms with van der Waals surface area (Å²) in [5.74, 6) is -0.576. The fourth-order valence-electron chi connectivity index (χ4n) is 3.04. The lowest BCUT2D eigenvalue weighted by molar-refractivity contribution is 0.0950. The largest absolute Gasteiger partial charge is 0.496 e. The third kappa shape index (κ3) is 4.49. The fourth-order valence-corrected chi connectivity index (χ4v) is 4.77. The van der Waals surface area contributed by atoms with E-state index in [0.717, 1.165) is 6.07 Å². The topological polar surface area (TPSA) is 85.4 Å². The predicted octanol–water partition coefficient (Wildman–Crippen LogP) is 3.48. The summed E-state index contributed by atoms with van der Waals surface area (Å²) in [6.45, 7) is 1.30. The highest BCUT2D eigenvalue weighted by Crippen LogP contribution is 2.29. The summed E-state index contributed by atoms with van der Waals surface area (Å²) < 4.78 is 45.5. The molecule has 1 aromatic heterocycles. The Morgan fingerprint density at radius 2 is 1.93 bits per heavy atom. The molecule has 3 aromatic rings. The van der Waals surface area contributed by atoms with Crippen molar-refractivity contribution in [1.82, 2.24) is 10.3 Å². The van der Waals surface area contributed by atoms with Crippen molar-refractivity contribution >= 4 is 15.7 Å². The maximum Gasteiger partial charge on any atom is 0.255 e. The second-order valence-electron chi connectivity index (χ2n) is 6.64. The summed E-state index contributed by atoms with van der Waals surface area (Å²) in [4.78, 5) is 16.6. The number of sulfone groups is 1. The maximum absolute atomic E-state index is 13.7. The van der Waals surface area contributed by atoms with Crippen molar-refractivity contribution in [3.05, 3.63) is 89.5 Å². The van der Waals surface area contributed by atoms with Crippen LogP contribution in [0.2, 0.25) is 0 Å². The van der Waals surface area contributed by atoms with Crippen LogP contribution in [0.15, 0.2) is 71.9 Å². The lowest BCUT2D eigenvalue weighted by Gasteiger charge is -2.19. The maximum atomic E-state index is 13.7. The molecular weight excluding hydrogens is 407 g/mol. The van der Waals surface area contributed by atoms with E-state index in [4.69, 9.17) is 4.74 Å². The Hall–Kier alpha value is -3.26. The highest BCUT2D eigenvalue weighted by Gasteiger charge is 2.30. The molecule has 6 nitrogen and oxygen atoms in total. The second-order valence-corrected chi connectivity index (χ2v) is 8.77. The fraction of sp³-hybridized carbons (Fsp3) is 0.182. The van der Waals surface area contributed by atoms with Gasteiger partial charge in [-0.15, -0.1) is 0 Å². The first-order chi connectivity index (χ1) is 14.3. The number of nitrogens with zero attached hydrogens (tertiary/aromatic N) is 1. The molecule has 0 fully saturated rings. The number of aryl methyl sites for hydroxylation is 1. The number of para-hydroxylation sites is 1. The van der Waals surface area contributed by atoms with Gasteiger partial charge in [0.1, 0.15) is 16.8 Å². The molecule has 3 rings (SSSR count). The van der Waals surface area contributed by atoms with Crippen LogP contribution in [0.3, 0.4) is 0 Å². The molecule has 0 aliphatic heterocycles. The van der Waals surface area contributed by atoms with Crippen LogP contribution in [0.4, 0.5) is 4.39 Å². The lowest BCUT2D eigenvalue weighted by Crippen LogP contribution is -2.32. The monoisotopic (exact) mass is 428 g/mol. The van der Waals surface area contributed by atoms with Crippen LogP contribution in [-0.4, -0.2) is 33.0 Å². The molecule has 0 saturated carbocycles. The van der Waals surface area contributed by atoms with Crippen LogP contribution in [-0.2, 0) is 9.84 Å². The molecule has 0 bridgehead atoms. The van der Waals surface area contributed by atoms with E-state index in [9.17, 15) is 17.6 Å². The summed E-state index contributed by atoms with van der Waals surface area (Å²) >= 11 is 0. The molecule has 0 aliphatic rings. The number of ether oxygens (including phenoxy) is 1. The Labute approximate surface area is 174 Å². The van der Waals surface area contributed by atoms with E-state index >= 15 is 0 Å². The van der Waals surface area contributed by atoms with Crippen LogP contribution in [0, 0.1) is 12.7 Å². The Kier molecular flexibility index (Phi) is 6.47. The van der Waals surface area contributed by atoms with Gasteiger partial charge in [-0.1, -0.05) is 18.2 Å². The van der Waals surface area contributed by atoms with Gasteiger partial charge in [-0.2, -0.15) is 0 Å². The molecule has 0 unspecified atom stereocenters. The van der Waals surface area contributed by atoms with E-state index in [0.29, 0.717) is 16.9 Å². The van der Waals surface area contributed by atoms with Crippen LogP contribution >= 0.6 is 0 Å². The van der Waals surface area contributed by atoms with Gasteiger partial charge in [-0.3, -0.25) is 9.78 Å². The second kappa shape index (κ2) is 9.04. The Morgan fingerprint density at radius 3 is 2.60 bits per heavy atom. The van der Waals surface area contributed by atoms with Crippen molar-refractivity contribution in [2.24, 2.45) is 0 Å². The van der Waals surface area contributed by atoms with Gasteiger partial charge in [0, 0.05) is 18.9 Å². The number of amides is 1. The number of hydrogen-bond acceptors (Lipinski definition) is 5. The van der Waals surface area contributed by atoms with Gasteiger partial charge < -0.3 is 10.1 Å². The quantitative estimate of drug-likeness (QED) is 0.583. The Morgan fingerprint density at radius 1 is 1.17 bits per heavy atom. The number of halogens is 1. The summed E-state index contributed by atoms with van der Waals surface area (Å²) in [5.41, 5.74) is 0.929. The minimum Gasteiger partial charge on any atom is -0.496 e. The summed E-state index contributed by atoms with van der Waals surface area (Å²) in [6.07, 6.45) is 2.97. The van der Waals surface area contributed by atoms with Gasteiger partial charge in [0.05, 0.1) is 17.6 Å². The van der Waals surface area contributed by atoms with E-state index in [-0.39, 0.29) is 17.0 Å². The minimum absolute atomic E-state index is 0.0261. The van der Waals surface area contributed by atoms with Gasteiger partial charge in [-0.05, 0) is 54.4 Å². The molecule has 1 N–H and O–H groups in total. The summed E-state index contributed by atoms with van der Waals surface area (Å²) in [5, 5.41) is 1.57. The molecule has 1 heterocycles. The number of hydrogen-bond donors (Lipinski definition) is 1. The zero-order valence-corrected chi connectivity index (χ0v) is 17.3. The Bertz CT molecular complexity index is 1150. The molecule has 156 valence electrons. The molecule has 0 aliphatic carbocycles. The van der Waals surface area contributed by atoms with E-state index in [1.807, 2.05) is 0 Å². The first kappa shape index (κ1) is 21.4. The lowest BCUT2D eigenvalue weighted by atomic mass is 10.1. The number of rotatable bonds is 7. The summed E-state index contributed by atoms with van der Waals surface area (Å²) in [7, 11) is -2.49. The van der Waals surface area contributed by atoms with Crippen LogP contribution < -0.4 is 10.1 Å². The van der Waals surface area contributed by atoms with Crippen LogP contribution in [0.5, 0.6) is 5.75 Å². The number of benzene rings is 2. The third-order valence-electron chi connectivity index (χ3n) is 4.69. The van der Waals surface area contributed by atoms with Gasteiger partial charge in [0.15, 0.2) is 9.84 Å². The minimum atomic E-state index is -3.94. The van der Waals surface area contributed by atoms with Crippen molar-refractivity contribution < 1.29 is 22.3 Å². The van der Waals surface area contributed by atoms with E-state index in [1.165, 1.54) is 38.6 Å². The number of nitrogens with one attached hydrogen (secondary N) is 1. The van der Waals surface area contributed by atoms with Crippen molar-refractivity contribution in [2.75, 3.05) is 13.7 Å². The molecular formula is C22H21FN2O4S. The van der Waals surface area contributed by atoms with Gasteiger partial charge in [0.2, 0.25) is 0 Å². The molecule has 0 radical (unpaired) electrons. The zero-order valence-electron chi connectivity index (χ0n) is 16.5. The molecule has 0 saturated heterocycles. The number of carbonyl (C=O) groups is 1. The average Bonchev–Trinajstić information content (AvgIpc) is 2.76. The van der Waals surface area contributed by atoms with E-state index in [2.05, 4.69) is 10.3 Å². The Balaban J connectivity index is 1.94. The summed E-state index contributed by atoms with van der Waals surface area (Å²) in [6, 6.07) is 13.5. The van der Waals surface area contributed by atoms with E-state index < -0.39 is 26.8 Å². The van der Waals surface area contributed by atoms with Gasteiger partial charge >= 0.3 is 0 Å². The highest BCUT2D eigenvalue weighted by molar-refractivity contribution is 7.91. The number of carbonyl (C=O) groups excluding carboxylic acids is 1. The van der Waals surface area contributed by atoms with Gasteiger partial charge in [-0.25, -0.2) is 12.8 Å². The van der Waals surface area contributed by atoms with Crippen molar-refractivity contribution in [3.8, 4) is 5.75 Å². The highest BCUT2D eigenvalue weighted by atomic mass is 32.2. The first-order valence-electron chi connectivity index (χ1n) is 9.15. The smallest absolute Gasteiger partial charge is 0.255 e.